The predicted molar refractivity (Wildman–Crippen MR) is 107 cm³/mol. The molecular weight excluding hydrogens is 391 g/mol. The number of nitrogens with zero attached hydrogens (tertiary/aromatic N) is 3. The van der Waals surface area contributed by atoms with Crippen LogP contribution in [0.4, 0.5) is 22.0 Å². The molecule has 1 heterocycles. The Balaban J connectivity index is 1.58. The highest BCUT2D eigenvalue weighted by Gasteiger charge is 2.18. The number of nitrogen functional groups attached to an aromatic ring is 1. The number of ether oxygens (including phenoxy) is 1. The van der Waals surface area contributed by atoms with Gasteiger partial charge in [0.05, 0.1) is 0 Å². The summed E-state index contributed by atoms with van der Waals surface area (Å²) < 4.78 is 18.2. The number of carbonyl (C=O) groups excluding carboxylic acids is 2. The Morgan fingerprint density at radius 1 is 1.07 bits per heavy atom. The molecular formula is C20H19FN6O3. The molecule has 154 valence electrons. The molecule has 9 nitrogen and oxygen atoms in total. The van der Waals surface area contributed by atoms with E-state index >= 15 is 0 Å². The first-order valence-electron chi connectivity index (χ1n) is 8.96. The molecule has 1 amide bonds. The van der Waals surface area contributed by atoms with E-state index in [1.54, 1.807) is 30.3 Å². The molecule has 0 bridgehead atoms. The standard InChI is InChI=1S/C20H19FN6O3/c1-12(23-17(28)13-5-3-2-4-6-13)18(29)30-11-16-25-19(22)27-20(26-16)24-15-9-7-14(21)8-10-15/h2-10,12H,11H2,1H3,(H,23,28)(H3,22,24,25,26,27)/t12-/m0/s1. The summed E-state index contributed by atoms with van der Waals surface area (Å²) in [4.78, 5) is 36.3. The highest BCUT2D eigenvalue weighted by Crippen LogP contribution is 2.14. The van der Waals surface area contributed by atoms with Crippen LogP contribution >= 0.6 is 0 Å². The second kappa shape index (κ2) is 9.41. The lowest BCUT2D eigenvalue weighted by Gasteiger charge is -2.13. The second-order valence-electron chi connectivity index (χ2n) is 6.23. The number of nitrogens with two attached hydrogens (primary N) is 1. The summed E-state index contributed by atoms with van der Waals surface area (Å²) in [5.74, 6) is -1.28. The van der Waals surface area contributed by atoms with Crippen molar-refractivity contribution in [2.45, 2.75) is 19.6 Å². The van der Waals surface area contributed by atoms with Crippen LogP contribution in [-0.2, 0) is 16.1 Å². The molecule has 4 N–H and O–H groups in total. The number of carbonyl (C=O) groups is 2. The quantitative estimate of drug-likeness (QED) is 0.505. The molecule has 0 unspecified atom stereocenters. The zero-order valence-corrected chi connectivity index (χ0v) is 16.0. The summed E-state index contributed by atoms with van der Waals surface area (Å²) >= 11 is 0. The maximum atomic E-state index is 13.0. The topological polar surface area (TPSA) is 132 Å². The van der Waals surface area contributed by atoms with E-state index in [-0.39, 0.29) is 30.1 Å². The van der Waals surface area contributed by atoms with E-state index < -0.39 is 17.9 Å². The molecule has 0 radical (unpaired) electrons. The van der Waals surface area contributed by atoms with Gasteiger partial charge in [0.1, 0.15) is 11.9 Å². The first kappa shape index (κ1) is 20.6. The smallest absolute Gasteiger partial charge is 0.328 e. The molecule has 1 atom stereocenters. The molecule has 0 fully saturated rings. The van der Waals surface area contributed by atoms with Gasteiger partial charge in [-0.25, -0.2) is 9.18 Å². The minimum Gasteiger partial charge on any atom is -0.456 e. The molecule has 3 rings (SSSR count). The van der Waals surface area contributed by atoms with Gasteiger partial charge in [-0.1, -0.05) is 18.2 Å². The maximum Gasteiger partial charge on any atom is 0.328 e. The Morgan fingerprint density at radius 3 is 2.47 bits per heavy atom. The highest BCUT2D eigenvalue weighted by atomic mass is 19.1. The van der Waals surface area contributed by atoms with Gasteiger partial charge >= 0.3 is 5.97 Å². The van der Waals surface area contributed by atoms with Gasteiger partial charge in [-0.2, -0.15) is 15.0 Å². The monoisotopic (exact) mass is 410 g/mol. The van der Waals surface area contributed by atoms with E-state index in [0.717, 1.165) is 0 Å². The minimum atomic E-state index is -0.881. The van der Waals surface area contributed by atoms with E-state index in [1.807, 2.05) is 0 Å². The third kappa shape index (κ3) is 5.71. The van der Waals surface area contributed by atoms with E-state index in [0.29, 0.717) is 11.3 Å². The van der Waals surface area contributed by atoms with Gasteiger partial charge in [-0.05, 0) is 43.3 Å². The predicted octanol–water partition coefficient (Wildman–Crippen LogP) is 2.20. The van der Waals surface area contributed by atoms with E-state index in [2.05, 4.69) is 25.6 Å². The second-order valence-corrected chi connectivity index (χ2v) is 6.23. The lowest BCUT2D eigenvalue weighted by Crippen LogP contribution is -2.39. The van der Waals surface area contributed by atoms with E-state index in [9.17, 15) is 14.0 Å². The van der Waals surface area contributed by atoms with Gasteiger partial charge in [-0.15, -0.1) is 0 Å². The van der Waals surface area contributed by atoms with Gasteiger partial charge in [0.15, 0.2) is 12.4 Å². The Hall–Kier alpha value is -4.08. The van der Waals surface area contributed by atoms with Crippen LogP contribution in [-0.4, -0.2) is 32.9 Å². The third-order valence-corrected chi connectivity index (χ3v) is 3.88. The van der Waals surface area contributed by atoms with Crippen molar-refractivity contribution in [1.29, 1.82) is 0 Å². The largest absolute Gasteiger partial charge is 0.456 e. The van der Waals surface area contributed by atoms with Gasteiger partial charge in [0.25, 0.3) is 5.91 Å². The molecule has 1 aromatic heterocycles. The number of halogens is 1. The maximum absolute atomic E-state index is 13.0. The lowest BCUT2D eigenvalue weighted by molar-refractivity contribution is -0.147. The van der Waals surface area contributed by atoms with Crippen molar-refractivity contribution in [2.75, 3.05) is 11.1 Å². The molecule has 0 saturated carbocycles. The SMILES string of the molecule is C[C@H](NC(=O)c1ccccc1)C(=O)OCc1nc(N)nc(Nc2ccc(F)cc2)n1. The van der Waals surface area contributed by atoms with E-state index in [1.165, 1.54) is 31.2 Å². The van der Waals surface area contributed by atoms with Crippen LogP contribution in [0.1, 0.15) is 23.1 Å². The fourth-order valence-corrected chi connectivity index (χ4v) is 2.41. The molecule has 0 aliphatic carbocycles. The first-order valence-corrected chi connectivity index (χ1v) is 8.96. The average molecular weight is 410 g/mol. The van der Waals surface area contributed by atoms with Crippen molar-refractivity contribution >= 4 is 29.5 Å². The Bertz CT molecular complexity index is 1030. The minimum absolute atomic E-state index is 0.0777. The molecule has 0 saturated heterocycles. The van der Waals surface area contributed by atoms with Crippen LogP contribution in [0, 0.1) is 5.82 Å². The molecule has 3 aromatic rings. The summed E-state index contributed by atoms with van der Waals surface area (Å²) in [6, 6.07) is 13.2. The lowest BCUT2D eigenvalue weighted by atomic mass is 10.2. The molecule has 0 aliphatic heterocycles. The van der Waals surface area contributed by atoms with Crippen molar-refractivity contribution in [3.63, 3.8) is 0 Å². The number of amides is 1. The Labute approximate surface area is 171 Å². The Morgan fingerprint density at radius 2 is 1.77 bits per heavy atom. The fourth-order valence-electron chi connectivity index (χ4n) is 2.41. The average Bonchev–Trinajstić information content (AvgIpc) is 2.74. The number of hydrogen-bond donors (Lipinski definition) is 3. The molecule has 30 heavy (non-hydrogen) atoms. The number of esters is 1. The number of hydrogen-bond acceptors (Lipinski definition) is 8. The van der Waals surface area contributed by atoms with Crippen LogP contribution < -0.4 is 16.4 Å². The highest BCUT2D eigenvalue weighted by molar-refractivity contribution is 5.96. The van der Waals surface area contributed by atoms with Gasteiger partial charge < -0.3 is 21.1 Å². The van der Waals surface area contributed by atoms with Crippen LogP contribution in [0.2, 0.25) is 0 Å². The van der Waals surface area contributed by atoms with Gasteiger partial charge in [0.2, 0.25) is 11.9 Å². The zero-order chi connectivity index (χ0) is 21.5. The number of anilines is 3. The van der Waals surface area contributed by atoms with Crippen LogP contribution in [0.15, 0.2) is 54.6 Å². The van der Waals surface area contributed by atoms with Gasteiger partial charge in [-0.3, -0.25) is 4.79 Å². The summed E-state index contributed by atoms with van der Waals surface area (Å²) in [5.41, 5.74) is 6.65. The van der Waals surface area contributed by atoms with Crippen molar-refractivity contribution in [1.82, 2.24) is 20.3 Å². The molecule has 10 heteroatoms. The Kier molecular flexibility index (Phi) is 6.48. The molecule has 0 aliphatic rings. The number of benzene rings is 2. The third-order valence-electron chi connectivity index (χ3n) is 3.88. The van der Waals surface area contributed by atoms with Crippen LogP contribution in [0.5, 0.6) is 0 Å². The van der Waals surface area contributed by atoms with Crippen molar-refractivity contribution in [3.8, 4) is 0 Å². The molecule has 2 aromatic carbocycles. The zero-order valence-electron chi connectivity index (χ0n) is 16.0. The number of aromatic nitrogens is 3. The summed E-state index contributed by atoms with van der Waals surface area (Å²) in [6.45, 7) is 1.24. The normalized spacial score (nSPS) is 11.4. The molecule has 0 spiro atoms. The van der Waals surface area contributed by atoms with Gasteiger partial charge in [0, 0.05) is 11.3 Å². The summed E-state index contributed by atoms with van der Waals surface area (Å²) in [7, 11) is 0. The van der Waals surface area contributed by atoms with Crippen LogP contribution in [0.3, 0.4) is 0 Å². The first-order chi connectivity index (χ1) is 14.4. The number of nitrogens with one attached hydrogen (secondary N) is 2. The van der Waals surface area contributed by atoms with Crippen molar-refractivity contribution < 1.29 is 18.7 Å². The van der Waals surface area contributed by atoms with Crippen molar-refractivity contribution in [2.24, 2.45) is 0 Å². The fraction of sp³-hybridized carbons (Fsp3) is 0.150. The van der Waals surface area contributed by atoms with Crippen molar-refractivity contribution in [3.05, 3.63) is 71.8 Å². The summed E-state index contributed by atoms with van der Waals surface area (Å²) in [6.07, 6.45) is 0. The summed E-state index contributed by atoms with van der Waals surface area (Å²) in [5, 5.41) is 5.42. The van der Waals surface area contributed by atoms with E-state index in [4.69, 9.17) is 10.5 Å². The van der Waals surface area contributed by atoms with Crippen LogP contribution in [0.25, 0.3) is 0 Å². The number of rotatable bonds is 7.